The molecule has 0 bridgehead atoms. The van der Waals surface area contributed by atoms with E-state index in [2.05, 4.69) is 10.3 Å². The molecule has 0 aromatic carbocycles. The molecule has 1 N–H and O–H groups in total. The summed E-state index contributed by atoms with van der Waals surface area (Å²) in [7, 11) is 0. The highest BCUT2D eigenvalue weighted by atomic mass is 32.1. The third-order valence-electron chi connectivity index (χ3n) is 3.04. The Labute approximate surface area is 117 Å². The van der Waals surface area contributed by atoms with Crippen molar-refractivity contribution in [3.05, 3.63) is 11.6 Å². The Hall–Kier alpha value is -1.43. The highest BCUT2D eigenvalue weighted by Gasteiger charge is 2.21. The summed E-state index contributed by atoms with van der Waals surface area (Å²) in [5.41, 5.74) is 0. The van der Waals surface area contributed by atoms with Gasteiger partial charge in [0, 0.05) is 29.9 Å². The Morgan fingerprint density at radius 1 is 1.53 bits per heavy atom. The first-order valence-corrected chi connectivity index (χ1v) is 7.32. The molecule has 1 aromatic rings. The maximum atomic E-state index is 11.8. The van der Waals surface area contributed by atoms with Crippen LogP contribution >= 0.6 is 11.3 Å². The largest absolute Gasteiger partial charge is 0.550 e. The van der Waals surface area contributed by atoms with Gasteiger partial charge in [0.2, 0.25) is 5.91 Å². The summed E-state index contributed by atoms with van der Waals surface area (Å²) in [6, 6.07) is 0. The van der Waals surface area contributed by atoms with E-state index in [-0.39, 0.29) is 18.2 Å². The number of carbonyl (C=O) groups excluding carboxylic acids is 2. The molecule has 0 unspecified atom stereocenters. The average Bonchev–Trinajstić information content (AvgIpc) is 2.81. The number of hydrogen-bond acceptors (Lipinski definition) is 5. The number of nitrogens with zero attached hydrogens (tertiary/aromatic N) is 1. The molecule has 0 saturated heterocycles. The molecule has 0 aliphatic rings. The first-order valence-electron chi connectivity index (χ1n) is 6.44. The number of nitrogens with one attached hydrogen (secondary N) is 1. The smallest absolute Gasteiger partial charge is 0.226 e. The van der Waals surface area contributed by atoms with Crippen molar-refractivity contribution in [2.24, 2.45) is 11.8 Å². The molecule has 2 atom stereocenters. The Morgan fingerprint density at radius 3 is 2.79 bits per heavy atom. The summed E-state index contributed by atoms with van der Waals surface area (Å²) < 4.78 is 0. The molecule has 0 radical (unpaired) electrons. The van der Waals surface area contributed by atoms with E-state index < -0.39 is 11.9 Å². The molecule has 1 rings (SSSR count). The van der Waals surface area contributed by atoms with E-state index in [0.717, 1.165) is 12.8 Å². The van der Waals surface area contributed by atoms with Crippen LogP contribution in [0.4, 0.5) is 5.13 Å². The van der Waals surface area contributed by atoms with Crippen LogP contribution < -0.4 is 10.4 Å². The van der Waals surface area contributed by atoms with Gasteiger partial charge in [-0.2, -0.15) is 0 Å². The minimum absolute atomic E-state index is 0.169. The maximum absolute atomic E-state index is 11.8. The van der Waals surface area contributed by atoms with E-state index in [1.807, 2.05) is 6.92 Å². The monoisotopic (exact) mass is 283 g/mol. The van der Waals surface area contributed by atoms with Crippen LogP contribution in [0.15, 0.2) is 11.6 Å². The van der Waals surface area contributed by atoms with Gasteiger partial charge in [-0.25, -0.2) is 4.98 Å². The summed E-state index contributed by atoms with van der Waals surface area (Å²) in [5, 5.41) is 16.1. The summed E-state index contributed by atoms with van der Waals surface area (Å²) in [6.07, 6.45) is 4.10. The van der Waals surface area contributed by atoms with Crippen molar-refractivity contribution in [1.82, 2.24) is 4.98 Å². The lowest BCUT2D eigenvalue weighted by Crippen LogP contribution is -2.36. The van der Waals surface area contributed by atoms with Gasteiger partial charge in [0.15, 0.2) is 5.13 Å². The van der Waals surface area contributed by atoms with Crippen LogP contribution in [-0.4, -0.2) is 16.9 Å². The summed E-state index contributed by atoms with van der Waals surface area (Å²) in [6.45, 7) is 3.78. The molecule has 0 fully saturated rings. The number of aromatic nitrogens is 1. The minimum Gasteiger partial charge on any atom is -0.550 e. The highest BCUT2D eigenvalue weighted by Crippen LogP contribution is 2.22. The van der Waals surface area contributed by atoms with E-state index in [9.17, 15) is 14.7 Å². The van der Waals surface area contributed by atoms with E-state index in [0.29, 0.717) is 11.6 Å². The molecular formula is C13H19N2O3S-. The van der Waals surface area contributed by atoms with Gasteiger partial charge < -0.3 is 15.2 Å². The van der Waals surface area contributed by atoms with Crippen molar-refractivity contribution in [2.45, 2.75) is 39.5 Å². The van der Waals surface area contributed by atoms with Crippen LogP contribution in [0.2, 0.25) is 0 Å². The zero-order chi connectivity index (χ0) is 14.3. The minimum atomic E-state index is -1.07. The van der Waals surface area contributed by atoms with Gasteiger partial charge in [0.1, 0.15) is 0 Å². The van der Waals surface area contributed by atoms with E-state index >= 15 is 0 Å². The summed E-state index contributed by atoms with van der Waals surface area (Å²) >= 11 is 1.34. The number of carboxylic acids is 1. The van der Waals surface area contributed by atoms with E-state index in [1.165, 1.54) is 11.3 Å². The highest BCUT2D eigenvalue weighted by molar-refractivity contribution is 7.13. The number of rotatable bonds is 8. The van der Waals surface area contributed by atoms with Crippen molar-refractivity contribution < 1.29 is 14.7 Å². The van der Waals surface area contributed by atoms with Gasteiger partial charge in [-0.3, -0.25) is 4.79 Å². The molecular weight excluding hydrogens is 264 g/mol. The molecule has 0 saturated carbocycles. The standard InChI is InChI=1S/C13H20N2O3S/c1-3-4-5-10(12(17)18)9(2)8-11(16)15-13-14-6-7-19-13/h6-7,9-10H,3-5,8H2,1-2H3,(H,17,18)(H,14,15,16)/p-1/t9-,10+/m0/s1. The quantitative estimate of drug-likeness (QED) is 0.786. The van der Waals surface area contributed by atoms with Crippen molar-refractivity contribution >= 4 is 28.3 Å². The fraction of sp³-hybridized carbons (Fsp3) is 0.615. The summed E-state index contributed by atoms with van der Waals surface area (Å²) in [4.78, 5) is 26.8. The first kappa shape index (κ1) is 15.6. The number of anilines is 1. The van der Waals surface area contributed by atoms with Crippen LogP contribution in [0.3, 0.4) is 0 Å². The number of hydrogen-bond donors (Lipinski definition) is 1. The van der Waals surface area contributed by atoms with Gasteiger partial charge in [0.05, 0.1) is 0 Å². The molecule has 1 amide bonds. The Morgan fingerprint density at radius 2 is 2.26 bits per heavy atom. The third-order valence-corrected chi connectivity index (χ3v) is 3.73. The molecule has 0 spiro atoms. The predicted octanol–water partition coefficient (Wildman–Crippen LogP) is 1.66. The fourth-order valence-corrected chi connectivity index (χ4v) is 2.49. The molecule has 0 aliphatic carbocycles. The Bertz CT molecular complexity index is 406. The number of carboxylic acid groups (broad SMARTS) is 1. The number of unbranched alkanes of at least 4 members (excludes halogenated alkanes) is 1. The van der Waals surface area contributed by atoms with Crippen molar-refractivity contribution in [2.75, 3.05) is 5.32 Å². The Kier molecular flexibility index (Phi) is 6.49. The summed E-state index contributed by atoms with van der Waals surface area (Å²) in [5.74, 6) is -2.08. The number of carbonyl (C=O) groups is 2. The second kappa shape index (κ2) is 7.89. The second-order valence-electron chi connectivity index (χ2n) is 4.63. The lowest BCUT2D eigenvalue weighted by Gasteiger charge is -2.24. The zero-order valence-corrected chi connectivity index (χ0v) is 12.0. The molecule has 1 aromatic heterocycles. The lowest BCUT2D eigenvalue weighted by atomic mass is 9.87. The Balaban J connectivity index is 2.48. The van der Waals surface area contributed by atoms with Crippen molar-refractivity contribution in [1.29, 1.82) is 0 Å². The number of amides is 1. The average molecular weight is 283 g/mol. The normalized spacial score (nSPS) is 13.8. The zero-order valence-electron chi connectivity index (χ0n) is 11.2. The molecule has 19 heavy (non-hydrogen) atoms. The van der Waals surface area contributed by atoms with Gasteiger partial charge in [-0.1, -0.05) is 26.7 Å². The van der Waals surface area contributed by atoms with Crippen LogP contribution in [0, 0.1) is 11.8 Å². The lowest BCUT2D eigenvalue weighted by molar-refractivity contribution is -0.313. The molecule has 6 heteroatoms. The SMILES string of the molecule is CCCC[C@@H](C(=O)[O-])[C@@H](C)CC(=O)Nc1nccs1. The van der Waals surface area contributed by atoms with E-state index in [4.69, 9.17) is 0 Å². The molecule has 106 valence electrons. The van der Waals surface area contributed by atoms with Crippen LogP contribution in [0.25, 0.3) is 0 Å². The number of aliphatic carboxylic acids is 1. The van der Waals surface area contributed by atoms with Gasteiger partial charge in [0.25, 0.3) is 0 Å². The van der Waals surface area contributed by atoms with Crippen LogP contribution in [-0.2, 0) is 9.59 Å². The predicted molar refractivity (Wildman–Crippen MR) is 72.5 cm³/mol. The molecule has 1 heterocycles. The topological polar surface area (TPSA) is 82.1 Å². The van der Waals surface area contributed by atoms with Gasteiger partial charge in [-0.15, -0.1) is 11.3 Å². The van der Waals surface area contributed by atoms with E-state index in [1.54, 1.807) is 18.5 Å². The first-order chi connectivity index (χ1) is 9.04. The third kappa shape index (κ3) is 5.38. The van der Waals surface area contributed by atoms with Crippen molar-refractivity contribution in [3.63, 3.8) is 0 Å². The van der Waals surface area contributed by atoms with Crippen LogP contribution in [0.1, 0.15) is 39.5 Å². The van der Waals surface area contributed by atoms with Crippen molar-refractivity contribution in [3.8, 4) is 0 Å². The van der Waals surface area contributed by atoms with Gasteiger partial charge in [-0.05, 0) is 12.3 Å². The fourth-order valence-electron chi connectivity index (χ4n) is 1.95. The molecule has 0 aliphatic heterocycles. The number of thiazole rings is 1. The van der Waals surface area contributed by atoms with Crippen LogP contribution in [0.5, 0.6) is 0 Å². The molecule has 5 nitrogen and oxygen atoms in total. The second-order valence-corrected chi connectivity index (χ2v) is 5.53. The van der Waals surface area contributed by atoms with Gasteiger partial charge >= 0.3 is 0 Å². The maximum Gasteiger partial charge on any atom is 0.226 e.